The van der Waals surface area contributed by atoms with Crippen LogP contribution in [0.15, 0.2) is 0 Å². The lowest BCUT2D eigenvalue weighted by Gasteiger charge is -2.20. The summed E-state index contributed by atoms with van der Waals surface area (Å²) in [6, 6.07) is -1.53. The van der Waals surface area contributed by atoms with E-state index >= 15 is 0 Å². The van der Waals surface area contributed by atoms with Crippen LogP contribution in [0, 0.1) is 5.92 Å². The Morgan fingerprint density at radius 2 is 1.79 bits per heavy atom. The molecule has 1 rings (SSSR count). The van der Waals surface area contributed by atoms with Crippen molar-refractivity contribution in [1.82, 2.24) is 16.0 Å². The molecule has 8 heteroatoms. The van der Waals surface area contributed by atoms with Crippen molar-refractivity contribution in [1.29, 1.82) is 0 Å². The van der Waals surface area contributed by atoms with E-state index in [2.05, 4.69) is 16.0 Å². The minimum Gasteiger partial charge on any atom is -0.480 e. The molecule has 2 unspecified atom stereocenters. The van der Waals surface area contributed by atoms with Crippen molar-refractivity contribution in [3.63, 3.8) is 0 Å². The monoisotopic (exact) mass is 341 g/mol. The number of amides is 2. The predicted molar refractivity (Wildman–Crippen MR) is 87.3 cm³/mol. The SMILES string of the molecule is CCCC(NC)C(=O)C(=O)NCC(=O)NC(C(=O)O)C1CCCC1. The Hall–Kier alpha value is -1.96. The van der Waals surface area contributed by atoms with Gasteiger partial charge in [-0.05, 0) is 32.2 Å². The smallest absolute Gasteiger partial charge is 0.326 e. The van der Waals surface area contributed by atoms with Crippen molar-refractivity contribution < 1.29 is 24.3 Å². The van der Waals surface area contributed by atoms with Crippen LogP contribution in [0.5, 0.6) is 0 Å². The standard InChI is InChI=1S/C16H27N3O5/c1-3-6-11(17-2)14(21)15(22)18-9-12(20)19-13(16(23)24)10-7-4-5-8-10/h10-11,13,17H,3-9H2,1-2H3,(H,18,22)(H,19,20)(H,23,24). The molecule has 0 heterocycles. The number of hydrogen-bond donors (Lipinski definition) is 4. The van der Waals surface area contributed by atoms with Gasteiger partial charge < -0.3 is 21.1 Å². The van der Waals surface area contributed by atoms with Gasteiger partial charge in [0, 0.05) is 0 Å². The molecule has 0 radical (unpaired) electrons. The Kier molecular flexibility index (Phi) is 8.39. The van der Waals surface area contributed by atoms with Crippen LogP contribution in [0.2, 0.25) is 0 Å². The molecule has 1 aliphatic carbocycles. The summed E-state index contributed by atoms with van der Waals surface area (Å²) < 4.78 is 0. The second-order valence-electron chi connectivity index (χ2n) is 6.10. The number of carbonyl (C=O) groups excluding carboxylic acids is 3. The van der Waals surface area contributed by atoms with E-state index in [9.17, 15) is 24.3 Å². The molecule has 0 aromatic carbocycles. The summed E-state index contributed by atoms with van der Waals surface area (Å²) in [7, 11) is 1.59. The molecule has 0 aromatic rings. The first-order chi connectivity index (χ1) is 11.4. The highest BCUT2D eigenvalue weighted by Crippen LogP contribution is 2.27. The van der Waals surface area contributed by atoms with Gasteiger partial charge >= 0.3 is 5.97 Å². The first-order valence-electron chi connectivity index (χ1n) is 8.42. The Balaban J connectivity index is 2.47. The van der Waals surface area contributed by atoms with Crippen LogP contribution in [0.4, 0.5) is 0 Å². The molecular formula is C16H27N3O5. The molecule has 4 N–H and O–H groups in total. The molecule has 0 aromatic heterocycles. The number of carboxylic acid groups (broad SMARTS) is 1. The Morgan fingerprint density at radius 3 is 2.29 bits per heavy atom. The molecule has 1 fully saturated rings. The van der Waals surface area contributed by atoms with Gasteiger partial charge in [0.05, 0.1) is 12.6 Å². The van der Waals surface area contributed by atoms with Crippen LogP contribution < -0.4 is 16.0 Å². The van der Waals surface area contributed by atoms with Crippen molar-refractivity contribution in [3.8, 4) is 0 Å². The topological polar surface area (TPSA) is 125 Å². The molecule has 0 aliphatic heterocycles. The molecular weight excluding hydrogens is 314 g/mol. The Morgan fingerprint density at radius 1 is 1.17 bits per heavy atom. The Bertz CT molecular complexity index is 474. The van der Waals surface area contributed by atoms with Crippen molar-refractivity contribution in [2.75, 3.05) is 13.6 Å². The molecule has 136 valence electrons. The van der Waals surface area contributed by atoms with Gasteiger partial charge in [-0.1, -0.05) is 26.2 Å². The summed E-state index contributed by atoms with van der Waals surface area (Å²) in [6.07, 6.45) is 4.72. The van der Waals surface area contributed by atoms with Gasteiger partial charge in [-0.3, -0.25) is 14.4 Å². The van der Waals surface area contributed by atoms with Crippen molar-refractivity contribution in [2.45, 2.75) is 57.5 Å². The average Bonchev–Trinajstić information content (AvgIpc) is 3.08. The van der Waals surface area contributed by atoms with E-state index < -0.39 is 42.2 Å². The normalized spacial score (nSPS) is 17.1. The van der Waals surface area contributed by atoms with Crippen LogP contribution in [0.3, 0.4) is 0 Å². The molecule has 8 nitrogen and oxygen atoms in total. The van der Waals surface area contributed by atoms with Crippen molar-refractivity contribution >= 4 is 23.6 Å². The zero-order valence-corrected chi connectivity index (χ0v) is 14.3. The molecule has 24 heavy (non-hydrogen) atoms. The minimum absolute atomic E-state index is 0.0815. The van der Waals surface area contributed by atoms with E-state index in [0.29, 0.717) is 6.42 Å². The number of ketones is 1. The molecule has 1 aliphatic rings. The zero-order chi connectivity index (χ0) is 18.1. The molecule has 2 amide bonds. The summed E-state index contributed by atoms with van der Waals surface area (Å²) in [5, 5.41) is 16.7. The van der Waals surface area contributed by atoms with Gasteiger partial charge in [0.25, 0.3) is 5.91 Å². The van der Waals surface area contributed by atoms with Crippen LogP contribution in [0.1, 0.15) is 45.4 Å². The van der Waals surface area contributed by atoms with Gasteiger partial charge in [0.1, 0.15) is 6.04 Å². The summed E-state index contributed by atoms with van der Waals surface area (Å²) in [4.78, 5) is 46.9. The van der Waals surface area contributed by atoms with Gasteiger partial charge in [-0.2, -0.15) is 0 Å². The maximum Gasteiger partial charge on any atom is 0.326 e. The Labute approximate surface area is 141 Å². The lowest BCUT2D eigenvalue weighted by molar-refractivity contribution is -0.143. The summed E-state index contributed by atoms with van der Waals surface area (Å²) in [6.45, 7) is 1.49. The zero-order valence-electron chi connectivity index (χ0n) is 14.3. The summed E-state index contributed by atoms with van der Waals surface area (Å²) >= 11 is 0. The highest BCUT2D eigenvalue weighted by molar-refractivity contribution is 6.38. The maximum absolute atomic E-state index is 11.9. The highest BCUT2D eigenvalue weighted by Gasteiger charge is 2.32. The third kappa shape index (κ3) is 5.92. The third-order valence-corrected chi connectivity index (χ3v) is 4.33. The van der Waals surface area contributed by atoms with Gasteiger partial charge in [-0.15, -0.1) is 0 Å². The number of nitrogens with one attached hydrogen (secondary N) is 3. The highest BCUT2D eigenvalue weighted by atomic mass is 16.4. The number of carboxylic acids is 1. The van der Waals surface area contributed by atoms with Crippen LogP contribution in [-0.2, 0) is 19.2 Å². The second-order valence-corrected chi connectivity index (χ2v) is 6.10. The van der Waals surface area contributed by atoms with Gasteiger partial charge in [-0.25, -0.2) is 4.79 Å². The first-order valence-corrected chi connectivity index (χ1v) is 8.42. The fourth-order valence-electron chi connectivity index (χ4n) is 3.00. The first kappa shape index (κ1) is 20.1. The third-order valence-electron chi connectivity index (χ3n) is 4.33. The number of likely N-dealkylation sites (N-methyl/N-ethyl adjacent to an activating group) is 1. The molecule has 0 spiro atoms. The lowest BCUT2D eigenvalue weighted by atomic mass is 9.98. The quantitative estimate of drug-likeness (QED) is 0.409. The van der Waals surface area contributed by atoms with Gasteiger partial charge in [0.2, 0.25) is 11.7 Å². The molecule has 1 saturated carbocycles. The minimum atomic E-state index is -1.07. The molecule has 0 bridgehead atoms. The van der Waals surface area contributed by atoms with E-state index in [4.69, 9.17) is 0 Å². The largest absolute Gasteiger partial charge is 0.480 e. The van der Waals surface area contributed by atoms with Crippen LogP contribution in [0.25, 0.3) is 0 Å². The van der Waals surface area contributed by atoms with Crippen molar-refractivity contribution in [3.05, 3.63) is 0 Å². The summed E-state index contributed by atoms with van der Waals surface area (Å²) in [5.41, 5.74) is 0. The van der Waals surface area contributed by atoms with E-state index in [1.54, 1.807) is 7.05 Å². The lowest BCUT2D eigenvalue weighted by Crippen LogP contribution is -2.50. The number of hydrogen-bond acceptors (Lipinski definition) is 5. The van der Waals surface area contributed by atoms with Gasteiger partial charge in [0.15, 0.2) is 0 Å². The number of rotatable bonds is 10. The number of aliphatic carboxylic acids is 1. The second kappa shape index (κ2) is 10.0. The predicted octanol–water partition coefficient (Wildman–Crippen LogP) is -0.181. The van der Waals surface area contributed by atoms with Crippen molar-refractivity contribution in [2.24, 2.45) is 5.92 Å². The fraction of sp³-hybridized carbons (Fsp3) is 0.750. The van der Waals surface area contributed by atoms with E-state index in [1.807, 2.05) is 6.92 Å². The van der Waals surface area contributed by atoms with E-state index in [-0.39, 0.29) is 5.92 Å². The molecule has 0 saturated heterocycles. The number of carbonyl (C=O) groups is 4. The number of Topliss-reactive ketones (excluding diaryl/α,β-unsaturated/α-hetero) is 1. The summed E-state index contributed by atoms with van der Waals surface area (Å²) in [5.74, 6) is -3.23. The van der Waals surface area contributed by atoms with E-state index in [0.717, 1.165) is 32.1 Å². The maximum atomic E-state index is 11.9. The van der Waals surface area contributed by atoms with E-state index in [1.165, 1.54) is 0 Å². The van der Waals surface area contributed by atoms with Crippen LogP contribution in [-0.4, -0.2) is 54.3 Å². The van der Waals surface area contributed by atoms with Crippen LogP contribution >= 0.6 is 0 Å². The fourth-order valence-corrected chi connectivity index (χ4v) is 3.00. The molecule has 2 atom stereocenters. The average molecular weight is 341 g/mol.